The number of fused-ring (bicyclic) bond motifs is 1. The van der Waals surface area contributed by atoms with Crippen molar-refractivity contribution in [2.24, 2.45) is 11.8 Å². The summed E-state index contributed by atoms with van der Waals surface area (Å²) in [5, 5.41) is 6.51. The second-order valence-corrected chi connectivity index (χ2v) is 5.54. The van der Waals surface area contributed by atoms with E-state index in [1.54, 1.807) is 0 Å². The highest BCUT2D eigenvalue weighted by Gasteiger charge is 2.32. The molecule has 1 aliphatic carbocycles. The van der Waals surface area contributed by atoms with Crippen LogP contribution in [0.1, 0.15) is 30.5 Å². The highest BCUT2D eigenvalue weighted by atomic mass is 16.2. The molecule has 0 bridgehead atoms. The van der Waals surface area contributed by atoms with Crippen LogP contribution in [0.3, 0.4) is 0 Å². The van der Waals surface area contributed by atoms with Crippen LogP contribution >= 0.6 is 0 Å². The lowest BCUT2D eigenvalue weighted by molar-refractivity contribution is -0.126. The van der Waals surface area contributed by atoms with Crippen LogP contribution in [0.2, 0.25) is 0 Å². The van der Waals surface area contributed by atoms with Gasteiger partial charge in [0.15, 0.2) is 0 Å². The second-order valence-electron chi connectivity index (χ2n) is 5.54. The number of rotatable bonds is 2. The van der Waals surface area contributed by atoms with Crippen molar-refractivity contribution in [3.63, 3.8) is 0 Å². The fourth-order valence-corrected chi connectivity index (χ4v) is 3.15. The fraction of sp³-hybridized carbons (Fsp3) is 0.533. The highest BCUT2D eigenvalue weighted by molar-refractivity contribution is 5.80. The third-order valence-corrected chi connectivity index (χ3v) is 4.30. The molecule has 1 heterocycles. The maximum Gasteiger partial charge on any atom is 0.225 e. The zero-order valence-electron chi connectivity index (χ0n) is 10.8. The number of benzene rings is 1. The quantitative estimate of drug-likeness (QED) is 0.830. The van der Waals surface area contributed by atoms with Crippen LogP contribution in [-0.2, 0) is 11.2 Å². The molecule has 1 aromatic carbocycles. The molecule has 3 heteroatoms. The summed E-state index contributed by atoms with van der Waals surface area (Å²) >= 11 is 0. The molecule has 3 rings (SSSR count). The van der Waals surface area contributed by atoms with E-state index in [2.05, 4.69) is 41.8 Å². The van der Waals surface area contributed by atoms with Crippen LogP contribution in [0.5, 0.6) is 0 Å². The van der Waals surface area contributed by atoms with Gasteiger partial charge in [-0.1, -0.05) is 31.2 Å². The third-order valence-electron chi connectivity index (χ3n) is 4.30. The first-order valence-corrected chi connectivity index (χ1v) is 6.84. The molecule has 96 valence electrons. The molecule has 18 heavy (non-hydrogen) atoms. The molecule has 0 radical (unpaired) electrons. The largest absolute Gasteiger partial charge is 0.349 e. The van der Waals surface area contributed by atoms with Crippen molar-refractivity contribution in [2.45, 2.75) is 25.8 Å². The van der Waals surface area contributed by atoms with Gasteiger partial charge in [0, 0.05) is 6.54 Å². The number of carbonyl (C=O) groups is 1. The molecule has 3 atom stereocenters. The Bertz CT molecular complexity index is 458. The Labute approximate surface area is 108 Å². The molecule has 1 aromatic rings. The van der Waals surface area contributed by atoms with Gasteiger partial charge in [0.1, 0.15) is 0 Å². The second kappa shape index (κ2) is 4.73. The molecule has 2 N–H and O–H groups in total. The van der Waals surface area contributed by atoms with Crippen molar-refractivity contribution in [3.05, 3.63) is 35.4 Å². The topological polar surface area (TPSA) is 41.1 Å². The molecular weight excluding hydrogens is 224 g/mol. The Balaban J connectivity index is 1.69. The number of amides is 1. The molecule has 0 saturated carbocycles. The maximum absolute atomic E-state index is 12.3. The van der Waals surface area contributed by atoms with Gasteiger partial charge in [-0.15, -0.1) is 0 Å². The lowest BCUT2D eigenvalue weighted by Crippen LogP contribution is -2.36. The van der Waals surface area contributed by atoms with Gasteiger partial charge in [-0.2, -0.15) is 0 Å². The molecule has 2 aliphatic rings. The summed E-state index contributed by atoms with van der Waals surface area (Å²) < 4.78 is 0. The monoisotopic (exact) mass is 244 g/mol. The Hall–Kier alpha value is -1.35. The van der Waals surface area contributed by atoms with E-state index in [1.165, 1.54) is 11.1 Å². The van der Waals surface area contributed by atoms with Gasteiger partial charge in [0.2, 0.25) is 5.91 Å². The van der Waals surface area contributed by atoms with E-state index in [0.717, 1.165) is 25.9 Å². The number of hydrogen-bond acceptors (Lipinski definition) is 2. The maximum atomic E-state index is 12.3. The molecule has 0 spiro atoms. The average molecular weight is 244 g/mol. The van der Waals surface area contributed by atoms with Gasteiger partial charge >= 0.3 is 0 Å². The van der Waals surface area contributed by atoms with E-state index < -0.39 is 0 Å². The van der Waals surface area contributed by atoms with Gasteiger partial charge in [0.05, 0.1) is 12.0 Å². The molecule has 0 aromatic heterocycles. The minimum Gasteiger partial charge on any atom is -0.349 e. The summed E-state index contributed by atoms with van der Waals surface area (Å²) in [4.78, 5) is 12.3. The third kappa shape index (κ3) is 2.03. The average Bonchev–Trinajstić information content (AvgIpc) is 2.97. The normalized spacial score (nSPS) is 30.2. The lowest BCUT2D eigenvalue weighted by Gasteiger charge is -2.19. The molecule has 3 nitrogen and oxygen atoms in total. The molecule has 1 saturated heterocycles. The van der Waals surface area contributed by atoms with E-state index in [0.29, 0.717) is 5.92 Å². The summed E-state index contributed by atoms with van der Waals surface area (Å²) in [5.41, 5.74) is 2.70. The Morgan fingerprint density at radius 2 is 2.17 bits per heavy atom. The van der Waals surface area contributed by atoms with Gasteiger partial charge in [-0.05, 0) is 36.4 Å². The van der Waals surface area contributed by atoms with Crippen LogP contribution in [0, 0.1) is 11.8 Å². The van der Waals surface area contributed by atoms with E-state index in [4.69, 9.17) is 0 Å². The SMILES string of the molecule is CC1CNCC1C(=O)NC1CCc2ccccc21. The van der Waals surface area contributed by atoms with E-state index >= 15 is 0 Å². The molecule has 1 aliphatic heterocycles. The first kappa shape index (κ1) is 11.7. The van der Waals surface area contributed by atoms with Crippen LogP contribution in [0.4, 0.5) is 0 Å². The molecule has 1 amide bonds. The summed E-state index contributed by atoms with van der Waals surface area (Å²) in [6.45, 7) is 3.92. The van der Waals surface area contributed by atoms with E-state index in [9.17, 15) is 4.79 Å². The number of hydrogen-bond donors (Lipinski definition) is 2. The first-order valence-electron chi connectivity index (χ1n) is 6.84. The highest BCUT2D eigenvalue weighted by Crippen LogP contribution is 2.31. The van der Waals surface area contributed by atoms with Gasteiger partial charge in [-0.25, -0.2) is 0 Å². The lowest BCUT2D eigenvalue weighted by atomic mass is 9.96. The summed E-state index contributed by atoms with van der Waals surface area (Å²) in [6.07, 6.45) is 2.12. The van der Waals surface area contributed by atoms with Crippen molar-refractivity contribution >= 4 is 5.91 Å². The number of nitrogens with one attached hydrogen (secondary N) is 2. The van der Waals surface area contributed by atoms with E-state index in [1.807, 2.05) is 0 Å². The van der Waals surface area contributed by atoms with Crippen molar-refractivity contribution in [3.8, 4) is 0 Å². The predicted octanol–water partition coefficient (Wildman–Crippen LogP) is 1.65. The van der Waals surface area contributed by atoms with Gasteiger partial charge in [-0.3, -0.25) is 4.79 Å². The summed E-state index contributed by atoms with van der Waals surface area (Å²) in [7, 11) is 0. The van der Waals surface area contributed by atoms with Gasteiger partial charge < -0.3 is 10.6 Å². The van der Waals surface area contributed by atoms with Crippen molar-refractivity contribution < 1.29 is 4.79 Å². The number of aryl methyl sites for hydroxylation is 1. The fourth-order valence-electron chi connectivity index (χ4n) is 3.15. The molecule has 3 unspecified atom stereocenters. The van der Waals surface area contributed by atoms with Crippen molar-refractivity contribution in [2.75, 3.05) is 13.1 Å². The smallest absolute Gasteiger partial charge is 0.225 e. The van der Waals surface area contributed by atoms with Gasteiger partial charge in [0.25, 0.3) is 0 Å². The standard InChI is InChI=1S/C15H20N2O/c1-10-8-16-9-13(10)15(18)17-14-7-6-11-4-2-3-5-12(11)14/h2-5,10,13-14,16H,6-9H2,1H3,(H,17,18). The van der Waals surface area contributed by atoms with Crippen LogP contribution < -0.4 is 10.6 Å². The molecule has 1 fully saturated rings. The summed E-state index contributed by atoms with van der Waals surface area (Å²) in [5.74, 6) is 0.800. The first-order chi connectivity index (χ1) is 8.75. The summed E-state index contributed by atoms with van der Waals surface area (Å²) in [6, 6.07) is 8.67. The minimum absolute atomic E-state index is 0.137. The van der Waals surface area contributed by atoms with Crippen LogP contribution in [0.25, 0.3) is 0 Å². The van der Waals surface area contributed by atoms with Crippen LogP contribution in [0.15, 0.2) is 24.3 Å². The minimum atomic E-state index is 0.137. The Morgan fingerprint density at radius 1 is 1.33 bits per heavy atom. The zero-order valence-corrected chi connectivity index (χ0v) is 10.8. The number of carbonyl (C=O) groups excluding carboxylic acids is 1. The Morgan fingerprint density at radius 3 is 2.94 bits per heavy atom. The molecular formula is C15H20N2O. The van der Waals surface area contributed by atoms with Crippen LogP contribution in [-0.4, -0.2) is 19.0 Å². The van der Waals surface area contributed by atoms with Crippen molar-refractivity contribution in [1.82, 2.24) is 10.6 Å². The zero-order chi connectivity index (χ0) is 12.5. The predicted molar refractivity (Wildman–Crippen MR) is 71.2 cm³/mol. The van der Waals surface area contributed by atoms with E-state index in [-0.39, 0.29) is 17.9 Å². The Kier molecular flexibility index (Phi) is 3.08. The van der Waals surface area contributed by atoms with Crippen molar-refractivity contribution in [1.29, 1.82) is 0 Å².